The molecule has 0 rings (SSSR count). The first-order valence-corrected chi connectivity index (χ1v) is 6.47. The number of halogens is 15. The molecule has 0 amide bonds. The summed E-state index contributed by atoms with van der Waals surface area (Å²) < 4.78 is 175. The highest BCUT2D eigenvalue weighted by atomic mass is 35.5. The van der Waals surface area contributed by atoms with Gasteiger partial charge in [-0.15, -0.1) is 0 Å². The highest BCUT2D eigenvalue weighted by Crippen LogP contribution is 2.55. The van der Waals surface area contributed by atoms with E-state index in [1.165, 1.54) is 0 Å². The smallest absolute Gasteiger partial charge is 0.458 e. The Balaban J connectivity index is 6.33. The summed E-state index contributed by atoms with van der Waals surface area (Å²) in [6.07, 6.45) is -21.9. The number of carbonyl (C=O) groups excluding carboxylic acids is 1. The number of hydrogen-bond acceptors (Lipinski definition) is 4. The molecule has 0 spiro atoms. The van der Waals surface area contributed by atoms with Crippen molar-refractivity contribution in [2.75, 3.05) is 7.11 Å². The van der Waals surface area contributed by atoms with E-state index in [-0.39, 0.29) is 7.11 Å². The maximum atomic E-state index is 13.7. The second-order valence-electron chi connectivity index (χ2n) is 4.41. The average molecular weight is 493 g/mol. The van der Waals surface area contributed by atoms with Crippen LogP contribution in [0.3, 0.4) is 0 Å². The molecule has 0 radical (unpaired) electrons. The van der Waals surface area contributed by atoms with E-state index in [2.05, 4.69) is 27.9 Å². The van der Waals surface area contributed by atoms with Crippen LogP contribution in [0, 0.1) is 0 Å². The predicted molar refractivity (Wildman–Crippen MR) is 59.4 cm³/mol. The molecule has 0 aromatic rings. The lowest BCUT2D eigenvalue weighted by atomic mass is 10.2. The van der Waals surface area contributed by atoms with Crippen LogP contribution in [0.1, 0.15) is 0 Å². The highest BCUT2D eigenvalue weighted by molar-refractivity contribution is 6.31. The van der Waals surface area contributed by atoms with Gasteiger partial charge in [-0.1, -0.05) is 0 Å². The van der Waals surface area contributed by atoms with E-state index in [0.717, 1.165) is 0 Å². The lowest BCUT2D eigenvalue weighted by Crippen LogP contribution is -2.66. The molecule has 0 fully saturated rings. The molecule has 2 unspecified atom stereocenters. The molecule has 0 aromatic carbocycles. The third kappa shape index (κ3) is 4.79. The van der Waals surface area contributed by atoms with Crippen molar-refractivity contribution >= 4 is 29.2 Å². The maximum absolute atomic E-state index is 13.7. The molecule has 0 heterocycles. The summed E-state index contributed by atoms with van der Waals surface area (Å²) in [5, 5.41) is -11.7. The van der Waals surface area contributed by atoms with E-state index < -0.39 is 46.8 Å². The van der Waals surface area contributed by atoms with Crippen LogP contribution in [0.2, 0.25) is 0 Å². The molecular weight excluding hydrogens is 490 g/mol. The maximum Gasteiger partial charge on any atom is 0.458 e. The monoisotopic (exact) mass is 492 g/mol. The van der Waals surface area contributed by atoms with Gasteiger partial charge in [0.05, 0.1) is 7.11 Å². The molecule has 0 aromatic heterocycles. The van der Waals surface area contributed by atoms with Crippen LogP contribution in [0.15, 0.2) is 0 Å². The number of carbonyl (C=O) groups is 1. The zero-order chi connectivity index (χ0) is 23.2. The molecule has 0 aliphatic carbocycles. The van der Waals surface area contributed by atoms with E-state index in [1.807, 2.05) is 4.74 Å². The van der Waals surface area contributed by atoms with Crippen LogP contribution in [0.25, 0.3) is 0 Å². The van der Waals surface area contributed by atoms with Gasteiger partial charge >= 0.3 is 46.8 Å². The third-order valence-electron chi connectivity index (χ3n) is 2.40. The molecule has 2 atom stereocenters. The quantitative estimate of drug-likeness (QED) is 0.274. The third-order valence-corrected chi connectivity index (χ3v) is 3.06. The van der Waals surface area contributed by atoms with Gasteiger partial charge in [0, 0.05) is 0 Å². The Hall–Kier alpha value is -0.940. The van der Waals surface area contributed by atoms with Gasteiger partial charge in [-0.3, -0.25) is 9.47 Å². The lowest BCUT2D eigenvalue weighted by molar-refractivity contribution is -0.528. The minimum atomic E-state index is -7.50. The molecule has 28 heavy (non-hydrogen) atoms. The van der Waals surface area contributed by atoms with Crippen molar-refractivity contribution in [1.29, 1.82) is 0 Å². The minimum absolute atomic E-state index is 0.0238. The van der Waals surface area contributed by atoms with Gasteiger partial charge < -0.3 is 4.74 Å². The van der Waals surface area contributed by atoms with Gasteiger partial charge in [0.25, 0.3) is 0 Å². The van der Waals surface area contributed by atoms with Crippen LogP contribution >= 0.6 is 23.2 Å². The largest absolute Gasteiger partial charge is 0.464 e. The van der Waals surface area contributed by atoms with Crippen molar-refractivity contribution < 1.29 is 76.1 Å². The fraction of sp³-hybridized carbons (Fsp3) is 0.889. The highest BCUT2D eigenvalue weighted by Gasteiger charge is 2.82. The Bertz CT molecular complexity index is 588. The van der Waals surface area contributed by atoms with E-state index >= 15 is 0 Å². The van der Waals surface area contributed by atoms with Gasteiger partial charge in [-0.25, -0.2) is 4.79 Å². The Morgan fingerprint density at radius 1 is 0.714 bits per heavy atom. The summed E-state index contributed by atoms with van der Waals surface area (Å²) >= 11 is 7.73. The summed E-state index contributed by atoms with van der Waals surface area (Å²) in [5.41, 5.74) is 0. The number of hydrogen-bond donors (Lipinski definition) is 0. The molecule has 4 nitrogen and oxygen atoms in total. The molecule has 0 bridgehead atoms. The number of ether oxygens (including phenoxy) is 3. The predicted octanol–water partition coefficient (Wildman–Crippen LogP) is 4.94. The summed E-state index contributed by atoms with van der Waals surface area (Å²) in [6, 6.07) is 0. The zero-order valence-electron chi connectivity index (χ0n) is 12.3. The fourth-order valence-electron chi connectivity index (χ4n) is 1.05. The Morgan fingerprint density at radius 3 is 1.39 bits per heavy atom. The second-order valence-corrected chi connectivity index (χ2v) is 5.37. The molecular formula is C9H3Cl2F13O4. The molecule has 0 saturated heterocycles. The number of alkyl halides is 15. The standard InChI is InChI=1S/C9H3Cl2F13O4/c1-26-2(25)3(12,13)8(21,22)27-4(14,7(18,19)20)9(23,24)28-6(11,17)5(10,15)16/h1H3. The average Bonchev–Trinajstić information content (AvgIpc) is 2.41. The van der Waals surface area contributed by atoms with Gasteiger partial charge in [0.2, 0.25) is 0 Å². The van der Waals surface area contributed by atoms with Crippen LogP contribution in [-0.2, 0) is 19.0 Å². The summed E-state index contributed by atoms with van der Waals surface area (Å²) in [6.45, 7) is 0. The summed E-state index contributed by atoms with van der Waals surface area (Å²) in [5.74, 6) is -17.4. The molecule has 0 aliphatic rings. The minimum Gasteiger partial charge on any atom is -0.464 e. The van der Waals surface area contributed by atoms with Gasteiger partial charge in [0.1, 0.15) is 0 Å². The second kappa shape index (κ2) is 7.39. The number of rotatable bonds is 8. The Kier molecular flexibility index (Phi) is 7.14. The zero-order valence-corrected chi connectivity index (χ0v) is 13.8. The lowest BCUT2D eigenvalue weighted by Gasteiger charge is -2.38. The van der Waals surface area contributed by atoms with Gasteiger partial charge in [-0.2, -0.15) is 57.1 Å². The summed E-state index contributed by atoms with van der Waals surface area (Å²) in [4.78, 5) is 10.5. The number of methoxy groups -OCH3 is 1. The van der Waals surface area contributed by atoms with Crippen molar-refractivity contribution in [2.45, 2.75) is 40.9 Å². The van der Waals surface area contributed by atoms with Crippen molar-refractivity contribution in [3.05, 3.63) is 0 Å². The Morgan fingerprint density at radius 2 is 1.11 bits per heavy atom. The van der Waals surface area contributed by atoms with E-state index in [4.69, 9.17) is 0 Å². The number of esters is 1. The first-order valence-electron chi connectivity index (χ1n) is 5.72. The van der Waals surface area contributed by atoms with Crippen molar-refractivity contribution in [2.24, 2.45) is 0 Å². The first-order chi connectivity index (χ1) is 11.9. The van der Waals surface area contributed by atoms with Gasteiger partial charge in [0.15, 0.2) is 0 Å². The van der Waals surface area contributed by atoms with Crippen LogP contribution in [0.5, 0.6) is 0 Å². The van der Waals surface area contributed by atoms with Crippen LogP contribution < -0.4 is 0 Å². The molecule has 0 N–H and O–H groups in total. The molecule has 168 valence electrons. The normalized spacial score (nSPS) is 19.0. The fourth-order valence-corrected chi connectivity index (χ4v) is 1.19. The molecule has 0 aliphatic heterocycles. The van der Waals surface area contributed by atoms with Crippen LogP contribution in [0.4, 0.5) is 57.1 Å². The van der Waals surface area contributed by atoms with Gasteiger partial charge in [-0.05, 0) is 23.2 Å². The van der Waals surface area contributed by atoms with E-state index in [0.29, 0.717) is 0 Å². The van der Waals surface area contributed by atoms with Crippen molar-refractivity contribution in [3.8, 4) is 0 Å². The SMILES string of the molecule is COC(=O)C(F)(F)C(F)(F)OC(F)(C(F)(F)F)C(F)(F)OC(F)(Cl)C(F)(F)Cl. The summed E-state index contributed by atoms with van der Waals surface area (Å²) in [7, 11) is -0.0238. The molecule has 0 saturated carbocycles. The topological polar surface area (TPSA) is 44.8 Å². The van der Waals surface area contributed by atoms with Crippen molar-refractivity contribution in [1.82, 2.24) is 0 Å². The van der Waals surface area contributed by atoms with Crippen molar-refractivity contribution in [3.63, 3.8) is 0 Å². The molecule has 19 heteroatoms. The first kappa shape index (κ1) is 27.1. The Labute approximate surface area is 154 Å². The van der Waals surface area contributed by atoms with E-state index in [9.17, 15) is 61.9 Å². The van der Waals surface area contributed by atoms with E-state index in [1.54, 1.807) is 4.74 Å². The van der Waals surface area contributed by atoms with Crippen LogP contribution in [-0.4, -0.2) is 53.9 Å².